The van der Waals surface area contributed by atoms with Gasteiger partial charge < -0.3 is 9.47 Å². The van der Waals surface area contributed by atoms with Gasteiger partial charge in [0, 0.05) is 5.57 Å². The van der Waals surface area contributed by atoms with Crippen molar-refractivity contribution >= 4 is 11.9 Å². The Morgan fingerprint density at radius 1 is 1.24 bits per heavy atom. The van der Waals surface area contributed by atoms with Crippen LogP contribution in [-0.2, 0) is 14.3 Å². The average molecular weight is 234 g/mol. The summed E-state index contributed by atoms with van der Waals surface area (Å²) in [5.41, 5.74) is 1.31. The van der Waals surface area contributed by atoms with Gasteiger partial charge in [0.15, 0.2) is 6.61 Å². The van der Waals surface area contributed by atoms with Gasteiger partial charge in [0.25, 0.3) is 0 Å². The normalized spacial score (nSPS) is 9.53. The second-order valence-corrected chi connectivity index (χ2v) is 3.64. The van der Waals surface area contributed by atoms with E-state index in [9.17, 15) is 9.59 Å². The van der Waals surface area contributed by atoms with Crippen LogP contribution in [0.5, 0.6) is 5.75 Å². The van der Waals surface area contributed by atoms with Crippen LogP contribution in [0.1, 0.15) is 12.5 Å². The van der Waals surface area contributed by atoms with Gasteiger partial charge in [-0.05, 0) is 26.0 Å². The van der Waals surface area contributed by atoms with Crippen molar-refractivity contribution in [3.8, 4) is 5.75 Å². The van der Waals surface area contributed by atoms with Crippen LogP contribution in [0.25, 0.3) is 0 Å². The zero-order valence-corrected chi connectivity index (χ0v) is 9.86. The minimum atomic E-state index is -0.622. The van der Waals surface area contributed by atoms with E-state index in [0.717, 1.165) is 5.56 Å². The van der Waals surface area contributed by atoms with E-state index in [2.05, 4.69) is 11.3 Å². The minimum absolute atomic E-state index is 0.244. The Morgan fingerprint density at radius 2 is 1.82 bits per heavy atom. The van der Waals surface area contributed by atoms with Crippen molar-refractivity contribution in [2.24, 2.45) is 0 Å². The first-order chi connectivity index (χ1) is 7.99. The molecule has 0 aliphatic heterocycles. The second-order valence-electron chi connectivity index (χ2n) is 3.64. The Bertz CT molecular complexity index is 431. The maximum Gasteiger partial charge on any atom is 0.349 e. The summed E-state index contributed by atoms with van der Waals surface area (Å²) in [5, 5.41) is 0. The lowest BCUT2D eigenvalue weighted by Crippen LogP contribution is -2.18. The van der Waals surface area contributed by atoms with Gasteiger partial charge in [-0.3, -0.25) is 0 Å². The third kappa shape index (κ3) is 4.51. The first-order valence-electron chi connectivity index (χ1n) is 5.09. The monoisotopic (exact) mass is 234 g/mol. The molecular weight excluding hydrogens is 220 g/mol. The molecule has 0 amide bonds. The van der Waals surface area contributed by atoms with Crippen LogP contribution in [0.15, 0.2) is 36.4 Å². The summed E-state index contributed by atoms with van der Waals surface area (Å²) in [6.07, 6.45) is 0. The van der Waals surface area contributed by atoms with E-state index < -0.39 is 18.5 Å². The number of benzene rings is 1. The van der Waals surface area contributed by atoms with Crippen molar-refractivity contribution in [2.75, 3.05) is 6.61 Å². The van der Waals surface area contributed by atoms with E-state index in [0.29, 0.717) is 5.75 Å². The fourth-order valence-electron chi connectivity index (χ4n) is 1.01. The van der Waals surface area contributed by atoms with Crippen LogP contribution in [0.2, 0.25) is 0 Å². The highest BCUT2D eigenvalue weighted by atomic mass is 16.6. The summed E-state index contributed by atoms with van der Waals surface area (Å²) in [5.74, 6) is -0.804. The van der Waals surface area contributed by atoms with Gasteiger partial charge in [0.2, 0.25) is 0 Å². The van der Waals surface area contributed by atoms with Crippen molar-refractivity contribution in [3.05, 3.63) is 42.0 Å². The highest BCUT2D eigenvalue weighted by molar-refractivity contribution is 5.88. The number of hydrogen-bond donors (Lipinski definition) is 0. The Balaban J connectivity index is 2.42. The Labute approximate surface area is 99.8 Å². The van der Waals surface area contributed by atoms with Crippen LogP contribution in [0.4, 0.5) is 0 Å². The van der Waals surface area contributed by atoms with Crippen LogP contribution in [0, 0.1) is 6.92 Å². The summed E-state index contributed by atoms with van der Waals surface area (Å²) in [6, 6.07) is 6.99. The van der Waals surface area contributed by atoms with Crippen molar-refractivity contribution in [2.45, 2.75) is 13.8 Å². The molecule has 17 heavy (non-hydrogen) atoms. The number of rotatable bonds is 4. The zero-order chi connectivity index (χ0) is 12.8. The molecule has 0 bridgehead atoms. The molecule has 0 N–H and O–H groups in total. The Kier molecular flexibility index (Phi) is 4.46. The first kappa shape index (κ1) is 13.0. The third-order valence-corrected chi connectivity index (χ3v) is 1.92. The van der Waals surface area contributed by atoms with Crippen LogP contribution < -0.4 is 4.74 Å². The Hall–Kier alpha value is -2.10. The van der Waals surface area contributed by atoms with Gasteiger partial charge >= 0.3 is 11.9 Å². The molecule has 0 aliphatic rings. The summed E-state index contributed by atoms with van der Waals surface area (Å²) >= 11 is 0. The summed E-state index contributed by atoms with van der Waals surface area (Å²) in [4.78, 5) is 22.3. The molecule has 0 spiro atoms. The number of carbonyl (C=O) groups is 2. The molecule has 0 saturated carbocycles. The molecule has 1 aromatic rings. The molecule has 0 heterocycles. The fraction of sp³-hybridized carbons (Fsp3) is 0.231. The summed E-state index contributed by atoms with van der Waals surface area (Å²) in [6.45, 7) is 6.42. The molecule has 90 valence electrons. The summed E-state index contributed by atoms with van der Waals surface area (Å²) < 4.78 is 9.60. The van der Waals surface area contributed by atoms with Crippen LogP contribution >= 0.6 is 0 Å². The topological polar surface area (TPSA) is 52.6 Å². The molecule has 0 saturated heterocycles. The maximum atomic E-state index is 11.3. The molecule has 0 fully saturated rings. The lowest BCUT2D eigenvalue weighted by Gasteiger charge is -2.05. The van der Waals surface area contributed by atoms with Crippen molar-refractivity contribution in [3.63, 3.8) is 0 Å². The number of ether oxygens (including phenoxy) is 2. The molecule has 0 unspecified atom stereocenters. The SMILES string of the molecule is C=C(C)C(=O)OCC(=O)Oc1ccc(C)cc1. The second kappa shape index (κ2) is 5.84. The van der Waals surface area contributed by atoms with Crippen LogP contribution in [-0.4, -0.2) is 18.5 Å². The molecule has 1 rings (SSSR count). The van der Waals surface area contributed by atoms with E-state index in [1.165, 1.54) is 6.92 Å². The molecule has 0 atom stereocenters. The molecule has 4 nitrogen and oxygen atoms in total. The van der Waals surface area contributed by atoms with E-state index in [1.54, 1.807) is 12.1 Å². The van der Waals surface area contributed by atoms with E-state index in [-0.39, 0.29) is 5.57 Å². The van der Waals surface area contributed by atoms with Crippen molar-refractivity contribution in [1.82, 2.24) is 0 Å². The molecule has 4 heteroatoms. The largest absolute Gasteiger partial charge is 0.450 e. The molecule has 0 aromatic heterocycles. The number of aryl methyl sites for hydroxylation is 1. The lowest BCUT2D eigenvalue weighted by molar-refractivity contribution is -0.150. The van der Waals surface area contributed by atoms with Crippen molar-refractivity contribution in [1.29, 1.82) is 0 Å². The van der Waals surface area contributed by atoms with E-state index in [1.807, 2.05) is 19.1 Å². The Morgan fingerprint density at radius 3 is 2.35 bits per heavy atom. The first-order valence-corrected chi connectivity index (χ1v) is 5.09. The third-order valence-electron chi connectivity index (χ3n) is 1.92. The number of esters is 2. The van der Waals surface area contributed by atoms with E-state index in [4.69, 9.17) is 4.74 Å². The quantitative estimate of drug-likeness (QED) is 0.454. The smallest absolute Gasteiger partial charge is 0.349 e. The van der Waals surface area contributed by atoms with Gasteiger partial charge in [0.1, 0.15) is 5.75 Å². The van der Waals surface area contributed by atoms with Gasteiger partial charge in [-0.15, -0.1) is 0 Å². The van der Waals surface area contributed by atoms with Crippen molar-refractivity contribution < 1.29 is 19.1 Å². The highest BCUT2D eigenvalue weighted by Crippen LogP contribution is 2.11. The number of hydrogen-bond acceptors (Lipinski definition) is 4. The summed E-state index contributed by atoms with van der Waals surface area (Å²) in [7, 11) is 0. The molecular formula is C13H14O4. The fourth-order valence-corrected chi connectivity index (χ4v) is 1.01. The zero-order valence-electron chi connectivity index (χ0n) is 9.86. The lowest BCUT2D eigenvalue weighted by atomic mass is 10.2. The average Bonchev–Trinajstić information content (AvgIpc) is 2.29. The van der Waals surface area contributed by atoms with E-state index >= 15 is 0 Å². The predicted octanol–water partition coefficient (Wildman–Crippen LogP) is 2.02. The highest BCUT2D eigenvalue weighted by Gasteiger charge is 2.09. The number of carbonyl (C=O) groups excluding carboxylic acids is 2. The minimum Gasteiger partial charge on any atom is -0.450 e. The van der Waals surface area contributed by atoms with Gasteiger partial charge in [-0.1, -0.05) is 24.3 Å². The maximum absolute atomic E-state index is 11.3. The standard InChI is InChI=1S/C13H14O4/c1-9(2)13(15)16-8-12(14)17-11-6-4-10(3)5-7-11/h4-7H,1,8H2,2-3H3. The predicted molar refractivity (Wildman–Crippen MR) is 62.6 cm³/mol. The molecule has 1 aromatic carbocycles. The van der Waals surface area contributed by atoms with Gasteiger partial charge in [-0.25, -0.2) is 9.59 Å². The van der Waals surface area contributed by atoms with Gasteiger partial charge in [0.05, 0.1) is 0 Å². The van der Waals surface area contributed by atoms with Crippen LogP contribution in [0.3, 0.4) is 0 Å². The molecule has 0 aliphatic carbocycles. The molecule has 0 radical (unpaired) electrons. The van der Waals surface area contributed by atoms with Gasteiger partial charge in [-0.2, -0.15) is 0 Å².